The SMILES string of the molecule is CC1CCC2CC1N=C(c1ccccc1)N2. The highest BCUT2D eigenvalue weighted by Crippen LogP contribution is 2.30. The third kappa shape index (κ3) is 1.73. The van der Waals surface area contributed by atoms with E-state index < -0.39 is 0 Å². The van der Waals surface area contributed by atoms with Crippen molar-refractivity contribution in [3.05, 3.63) is 35.9 Å². The van der Waals surface area contributed by atoms with Gasteiger partial charge in [-0.1, -0.05) is 37.3 Å². The maximum absolute atomic E-state index is 4.86. The molecule has 1 aromatic carbocycles. The Hall–Kier alpha value is -1.31. The summed E-state index contributed by atoms with van der Waals surface area (Å²) in [7, 11) is 0. The monoisotopic (exact) mass is 214 g/mol. The van der Waals surface area contributed by atoms with Crippen molar-refractivity contribution in [2.24, 2.45) is 10.9 Å². The van der Waals surface area contributed by atoms with Gasteiger partial charge in [-0.25, -0.2) is 0 Å². The molecule has 0 saturated heterocycles. The lowest BCUT2D eigenvalue weighted by molar-refractivity contribution is 0.274. The van der Waals surface area contributed by atoms with Crippen LogP contribution in [-0.2, 0) is 0 Å². The number of hydrogen-bond acceptors (Lipinski definition) is 2. The zero-order valence-electron chi connectivity index (χ0n) is 9.69. The summed E-state index contributed by atoms with van der Waals surface area (Å²) < 4.78 is 0. The fraction of sp³-hybridized carbons (Fsp3) is 0.500. The maximum Gasteiger partial charge on any atom is 0.128 e. The molecule has 1 aliphatic carbocycles. The Morgan fingerprint density at radius 1 is 1.19 bits per heavy atom. The molecule has 0 spiro atoms. The molecule has 3 atom stereocenters. The molecule has 0 radical (unpaired) electrons. The van der Waals surface area contributed by atoms with Crippen LogP contribution in [0.1, 0.15) is 31.7 Å². The third-order valence-electron chi connectivity index (χ3n) is 3.84. The molecule has 84 valence electrons. The lowest BCUT2D eigenvalue weighted by Gasteiger charge is -2.38. The Morgan fingerprint density at radius 2 is 2.00 bits per heavy atom. The molecule has 1 aromatic rings. The highest BCUT2D eigenvalue weighted by atomic mass is 15.1. The number of nitrogens with zero attached hydrogens (tertiary/aromatic N) is 1. The van der Waals surface area contributed by atoms with Gasteiger partial charge >= 0.3 is 0 Å². The van der Waals surface area contributed by atoms with Crippen LogP contribution < -0.4 is 5.32 Å². The largest absolute Gasteiger partial charge is 0.367 e. The van der Waals surface area contributed by atoms with Gasteiger partial charge in [0.1, 0.15) is 5.84 Å². The van der Waals surface area contributed by atoms with Crippen LogP contribution in [0.3, 0.4) is 0 Å². The summed E-state index contributed by atoms with van der Waals surface area (Å²) in [5.41, 5.74) is 1.23. The number of rotatable bonds is 1. The van der Waals surface area contributed by atoms with Crippen molar-refractivity contribution in [2.45, 2.75) is 38.3 Å². The maximum atomic E-state index is 4.86. The molecule has 2 heteroatoms. The van der Waals surface area contributed by atoms with Crippen molar-refractivity contribution < 1.29 is 0 Å². The molecular formula is C14H18N2. The molecule has 1 saturated carbocycles. The molecule has 3 unspecified atom stereocenters. The average Bonchev–Trinajstić information content (AvgIpc) is 2.35. The van der Waals surface area contributed by atoms with E-state index >= 15 is 0 Å². The first-order chi connectivity index (χ1) is 7.83. The summed E-state index contributed by atoms with van der Waals surface area (Å²) in [5.74, 6) is 1.85. The van der Waals surface area contributed by atoms with Gasteiger partial charge in [0.2, 0.25) is 0 Å². The van der Waals surface area contributed by atoms with E-state index in [0.717, 1.165) is 11.8 Å². The molecule has 0 amide bonds. The van der Waals surface area contributed by atoms with Gasteiger partial charge < -0.3 is 5.32 Å². The molecule has 0 aromatic heterocycles. The minimum atomic E-state index is 0.537. The quantitative estimate of drug-likeness (QED) is 0.763. The van der Waals surface area contributed by atoms with Crippen molar-refractivity contribution in [3.63, 3.8) is 0 Å². The van der Waals surface area contributed by atoms with E-state index in [1.54, 1.807) is 0 Å². The van der Waals surface area contributed by atoms with Crippen molar-refractivity contribution in [1.82, 2.24) is 5.32 Å². The third-order valence-corrected chi connectivity index (χ3v) is 3.84. The molecule has 1 aliphatic heterocycles. The summed E-state index contributed by atoms with van der Waals surface area (Å²) in [6, 6.07) is 11.7. The average molecular weight is 214 g/mol. The second kappa shape index (κ2) is 3.93. The molecule has 2 nitrogen and oxygen atoms in total. The fourth-order valence-electron chi connectivity index (χ4n) is 2.76. The van der Waals surface area contributed by atoms with Gasteiger partial charge in [0.05, 0.1) is 6.04 Å². The first-order valence-electron chi connectivity index (χ1n) is 6.22. The fourth-order valence-corrected chi connectivity index (χ4v) is 2.76. The van der Waals surface area contributed by atoms with Gasteiger partial charge in [0.15, 0.2) is 0 Å². The first-order valence-corrected chi connectivity index (χ1v) is 6.22. The van der Waals surface area contributed by atoms with Crippen molar-refractivity contribution in [3.8, 4) is 0 Å². The van der Waals surface area contributed by atoms with Gasteiger partial charge in [-0.15, -0.1) is 0 Å². The minimum Gasteiger partial charge on any atom is -0.367 e. The molecule has 1 heterocycles. The lowest BCUT2D eigenvalue weighted by atomic mass is 9.82. The predicted octanol–water partition coefficient (Wildman–Crippen LogP) is 2.59. The Kier molecular flexibility index (Phi) is 2.43. The summed E-state index contributed by atoms with van der Waals surface area (Å²) in [6.07, 6.45) is 3.83. The van der Waals surface area contributed by atoms with Crippen LogP contribution in [0.25, 0.3) is 0 Å². The predicted molar refractivity (Wildman–Crippen MR) is 66.7 cm³/mol. The van der Waals surface area contributed by atoms with Crippen LogP contribution in [0, 0.1) is 5.92 Å². The van der Waals surface area contributed by atoms with E-state index in [-0.39, 0.29) is 0 Å². The van der Waals surface area contributed by atoms with E-state index in [2.05, 4.69) is 42.6 Å². The van der Waals surface area contributed by atoms with Gasteiger partial charge in [-0.2, -0.15) is 0 Å². The number of amidine groups is 1. The molecule has 1 N–H and O–H groups in total. The smallest absolute Gasteiger partial charge is 0.128 e. The standard InChI is InChI=1S/C14H18N2/c1-10-7-8-12-9-13(10)16-14(15-12)11-5-3-2-4-6-11/h2-6,10,12-13H,7-9H2,1H3,(H,15,16). The van der Waals surface area contributed by atoms with Gasteiger partial charge in [0.25, 0.3) is 0 Å². The van der Waals surface area contributed by atoms with Crippen LogP contribution in [-0.4, -0.2) is 17.9 Å². The molecule has 2 bridgehead atoms. The van der Waals surface area contributed by atoms with Crippen LogP contribution in [0.5, 0.6) is 0 Å². The summed E-state index contributed by atoms with van der Waals surface area (Å²) in [5, 5.41) is 3.57. The van der Waals surface area contributed by atoms with Crippen molar-refractivity contribution in [1.29, 1.82) is 0 Å². The second-order valence-electron chi connectivity index (χ2n) is 5.04. The van der Waals surface area contributed by atoms with E-state index in [1.165, 1.54) is 24.8 Å². The summed E-state index contributed by atoms with van der Waals surface area (Å²) >= 11 is 0. The van der Waals surface area contributed by atoms with Crippen molar-refractivity contribution >= 4 is 5.84 Å². The van der Waals surface area contributed by atoms with E-state index in [4.69, 9.17) is 4.99 Å². The Bertz CT molecular complexity index is 396. The van der Waals surface area contributed by atoms with E-state index in [0.29, 0.717) is 12.1 Å². The van der Waals surface area contributed by atoms with Crippen LogP contribution >= 0.6 is 0 Å². The molecule has 1 fully saturated rings. The van der Waals surface area contributed by atoms with Gasteiger partial charge in [-0.05, 0) is 25.2 Å². The van der Waals surface area contributed by atoms with Crippen LogP contribution in [0.2, 0.25) is 0 Å². The lowest BCUT2D eigenvalue weighted by Crippen LogP contribution is -2.47. The van der Waals surface area contributed by atoms with E-state index in [9.17, 15) is 0 Å². The Morgan fingerprint density at radius 3 is 2.81 bits per heavy atom. The number of benzene rings is 1. The Labute approximate surface area is 96.8 Å². The molecular weight excluding hydrogens is 196 g/mol. The highest BCUT2D eigenvalue weighted by molar-refractivity contribution is 5.99. The molecule has 2 aliphatic rings. The Balaban J connectivity index is 1.92. The van der Waals surface area contributed by atoms with E-state index in [1.807, 2.05) is 0 Å². The zero-order valence-corrected chi connectivity index (χ0v) is 9.69. The van der Waals surface area contributed by atoms with Crippen LogP contribution in [0.4, 0.5) is 0 Å². The van der Waals surface area contributed by atoms with Crippen molar-refractivity contribution in [2.75, 3.05) is 0 Å². The number of fused-ring (bicyclic) bond motifs is 2. The summed E-state index contributed by atoms with van der Waals surface area (Å²) in [6.45, 7) is 2.33. The topological polar surface area (TPSA) is 24.4 Å². The number of hydrogen-bond donors (Lipinski definition) is 1. The number of aliphatic imine (C=N–C) groups is 1. The molecule has 3 rings (SSSR count). The highest BCUT2D eigenvalue weighted by Gasteiger charge is 2.31. The van der Waals surface area contributed by atoms with Gasteiger partial charge in [-0.3, -0.25) is 4.99 Å². The number of nitrogens with one attached hydrogen (secondary N) is 1. The van der Waals surface area contributed by atoms with Crippen LogP contribution in [0.15, 0.2) is 35.3 Å². The minimum absolute atomic E-state index is 0.537. The van der Waals surface area contributed by atoms with Gasteiger partial charge in [0, 0.05) is 11.6 Å². The summed E-state index contributed by atoms with van der Waals surface area (Å²) in [4.78, 5) is 4.86. The zero-order chi connectivity index (χ0) is 11.0. The normalized spacial score (nSPS) is 32.8. The molecule has 16 heavy (non-hydrogen) atoms. The second-order valence-corrected chi connectivity index (χ2v) is 5.04. The first kappa shape index (κ1) is 9.88.